The summed E-state index contributed by atoms with van der Waals surface area (Å²) in [6, 6.07) is 9.04. The first-order valence-electron chi connectivity index (χ1n) is 5.77. The van der Waals surface area contributed by atoms with Crippen molar-refractivity contribution in [2.45, 2.75) is 12.8 Å². The average Bonchev–Trinajstić information content (AvgIpc) is 2.39. The molecule has 0 aliphatic rings. The fourth-order valence-corrected chi connectivity index (χ4v) is 2.00. The van der Waals surface area contributed by atoms with Crippen LogP contribution in [0.15, 0.2) is 36.5 Å². The number of para-hydroxylation sites is 1. The van der Waals surface area contributed by atoms with Crippen LogP contribution in [0.2, 0.25) is 5.02 Å². The maximum Gasteiger partial charge on any atom is 0.573 e. The van der Waals surface area contributed by atoms with E-state index in [1.165, 1.54) is 30.5 Å². The van der Waals surface area contributed by atoms with Crippen molar-refractivity contribution in [2.75, 3.05) is 0 Å². The van der Waals surface area contributed by atoms with Crippen LogP contribution in [0.25, 0.3) is 11.3 Å². The van der Waals surface area contributed by atoms with Crippen molar-refractivity contribution in [2.24, 2.45) is 0 Å². The maximum atomic E-state index is 12.4. The number of aromatic nitrogens is 1. The molecule has 0 saturated heterocycles. The van der Waals surface area contributed by atoms with E-state index in [1.54, 1.807) is 6.07 Å². The molecule has 0 aliphatic carbocycles. The lowest BCUT2D eigenvalue weighted by atomic mass is 10.0. The Morgan fingerprint density at radius 1 is 1.29 bits per heavy atom. The van der Waals surface area contributed by atoms with E-state index < -0.39 is 6.36 Å². The molecule has 0 radical (unpaired) electrons. The second-order valence-electron chi connectivity index (χ2n) is 4.04. The summed E-state index contributed by atoms with van der Waals surface area (Å²) in [5.41, 5.74) is 0.820. The van der Waals surface area contributed by atoms with Gasteiger partial charge in [-0.1, -0.05) is 23.7 Å². The molecule has 108 valence electrons. The summed E-state index contributed by atoms with van der Waals surface area (Å²) in [7, 11) is 0. The van der Waals surface area contributed by atoms with Gasteiger partial charge in [-0.2, -0.15) is 5.26 Å². The second-order valence-corrected chi connectivity index (χ2v) is 4.48. The zero-order valence-corrected chi connectivity index (χ0v) is 11.2. The van der Waals surface area contributed by atoms with Crippen molar-refractivity contribution in [3.8, 4) is 23.1 Å². The van der Waals surface area contributed by atoms with Gasteiger partial charge in [0.25, 0.3) is 0 Å². The van der Waals surface area contributed by atoms with E-state index in [0.29, 0.717) is 10.6 Å². The van der Waals surface area contributed by atoms with Gasteiger partial charge in [-0.15, -0.1) is 13.2 Å². The van der Waals surface area contributed by atoms with Crippen molar-refractivity contribution in [1.29, 1.82) is 5.26 Å². The topological polar surface area (TPSA) is 45.9 Å². The lowest BCUT2D eigenvalue weighted by Gasteiger charge is -2.14. The number of halogens is 4. The van der Waals surface area contributed by atoms with Crippen molar-refractivity contribution < 1.29 is 17.9 Å². The van der Waals surface area contributed by atoms with Crippen LogP contribution >= 0.6 is 11.6 Å². The van der Waals surface area contributed by atoms with Crippen LogP contribution in [0.4, 0.5) is 13.2 Å². The molecule has 0 aliphatic heterocycles. The molecular formula is C14H8ClF3N2O. The van der Waals surface area contributed by atoms with Crippen LogP contribution in [-0.2, 0) is 6.42 Å². The normalized spacial score (nSPS) is 11.0. The number of nitriles is 1. The summed E-state index contributed by atoms with van der Waals surface area (Å²) in [5.74, 6) is -0.376. The van der Waals surface area contributed by atoms with Crippen molar-refractivity contribution in [1.82, 2.24) is 4.98 Å². The van der Waals surface area contributed by atoms with Gasteiger partial charge in [0.2, 0.25) is 0 Å². The molecule has 21 heavy (non-hydrogen) atoms. The third kappa shape index (κ3) is 3.86. The highest BCUT2D eigenvalue weighted by Crippen LogP contribution is 2.35. The van der Waals surface area contributed by atoms with E-state index >= 15 is 0 Å². The number of pyridine rings is 1. The Balaban J connectivity index is 2.55. The van der Waals surface area contributed by atoms with Crippen molar-refractivity contribution in [3.63, 3.8) is 0 Å². The quantitative estimate of drug-likeness (QED) is 0.845. The molecule has 0 atom stereocenters. The number of rotatable bonds is 3. The van der Waals surface area contributed by atoms with E-state index in [0.717, 1.165) is 0 Å². The van der Waals surface area contributed by atoms with Crippen LogP contribution in [0.1, 0.15) is 5.56 Å². The Labute approximate surface area is 123 Å². The Bertz CT molecular complexity index is 695. The van der Waals surface area contributed by atoms with Crippen LogP contribution in [0.5, 0.6) is 5.75 Å². The minimum absolute atomic E-state index is 0.0246. The number of hydrogen-bond donors (Lipinski definition) is 0. The summed E-state index contributed by atoms with van der Waals surface area (Å²) in [4.78, 5) is 4.03. The third-order valence-electron chi connectivity index (χ3n) is 2.57. The number of benzene rings is 1. The van der Waals surface area contributed by atoms with Crippen LogP contribution < -0.4 is 4.74 Å². The van der Waals surface area contributed by atoms with Gasteiger partial charge in [0, 0.05) is 11.8 Å². The lowest BCUT2D eigenvalue weighted by molar-refractivity contribution is -0.274. The smallest absolute Gasteiger partial charge is 0.405 e. The first-order valence-corrected chi connectivity index (χ1v) is 6.15. The SMILES string of the molecule is N#CCc1cc(Cl)cnc1-c1ccccc1OC(F)(F)F. The van der Waals surface area contributed by atoms with Gasteiger partial charge in [0.15, 0.2) is 0 Å². The minimum atomic E-state index is -4.81. The van der Waals surface area contributed by atoms with Crippen LogP contribution in [0.3, 0.4) is 0 Å². The molecule has 0 saturated carbocycles. The molecule has 1 aromatic heterocycles. The third-order valence-corrected chi connectivity index (χ3v) is 2.78. The van der Waals surface area contributed by atoms with E-state index in [9.17, 15) is 13.2 Å². The molecule has 3 nitrogen and oxygen atoms in total. The van der Waals surface area contributed by atoms with Gasteiger partial charge in [0.05, 0.1) is 23.2 Å². The summed E-state index contributed by atoms with van der Waals surface area (Å²) in [5, 5.41) is 9.11. The molecule has 0 unspecified atom stereocenters. The molecule has 2 aromatic rings. The van der Waals surface area contributed by atoms with Gasteiger partial charge in [-0.3, -0.25) is 4.98 Å². The van der Waals surface area contributed by atoms with E-state index in [1.807, 2.05) is 6.07 Å². The average molecular weight is 313 g/mol. The second kappa shape index (κ2) is 6.02. The number of hydrogen-bond acceptors (Lipinski definition) is 3. The summed E-state index contributed by atoms with van der Waals surface area (Å²) in [6.45, 7) is 0. The maximum absolute atomic E-state index is 12.4. The molecule has 1 heterocycles. The Hall–Kier alpha value is -2.26. The fraction of sp³-hybridized carbons (Fsp3) is 0.143. The first kappa shape index (κ1) is 15.1. The fourth-order valence-electron chi connectivity index (χ4n) is 1.82. The molecule has 0 spiro atoms. The van der Waals surface area contributed by atoms with Crippen LogP contribution in [-0.4, -0.2) is 11.3 Å². The zero-order chi connectivity index (χ0) is 15.5. The Morgan fingerprint density at radius 3 is 2.67 bits per heavy atom. The van der Waals surface area contributed by atoms with Gasteiger partial charge in [-0.25, -0.2) is 0 Å². The highest BCUT2D eigenvalue weighted by Gasteiger charge is 2.32. The predicted molar refractivity (Wildman–Crippen MR) is 70.7 cm³/mol. The van der Waals surface area contributed by atoms with Crippen molar-refractivity contribution >= 4 is 11.6 Å². The van der Waals surface area contributed by atoms with Gasteiger partial charge < -0.3 is 4.74 Å². The van der Waals surface area contributed by atoms with E-state index in [-0.39, 0.29) is 23.4 Å². The molecule has 7 heteroatoms. The van der Waals surface area contributed by atoms with Gasteiger partial charge >= 0.3 is 6.36 Å². The highest BCUT2D eigenvalue weighted by molar-refractivity contribution is 6.30. The first-order chi connectivity index (χ1) is 9.90. The summed E-state index contributed by atoms with van der Waals surface area (Å²) >= 11 is 5.80. The summed E-state index contributed by atoms with van der Waals surface area (Å²) in [6.07, 6.45) is -3.52. The largest absolute Gasteiger partial charge is 0.573 e. The highest BCUT2D eigenvalue weighted by atomic mass is 35.5. The molecule has 0 N–H and O–H groups in total. The van der Waals surface area contributed by atoms with E-state index in [4.69, 9.17) is 16.9 Å². The molecule has 1 aromatic carbocycles. The Kier molecular flexibility index (Phi) is 4.34. The molecule has 0 fully saturated rings. The van der Waals surface area contributed by atoms with E-state index in [2.05, 4.69) is 9.72 Å². The molecule has 0 bridgehead atoms. The standard InChI is InChI=1S/C14H8ClF3N2O/c15-10-7-9(5-6-19)13(20-8-10)11-3-1-2-4-12(11)21-14(16,17)18/h1-4,7-8H,5H2. The van der Waals surface area contributed by atoms with Crippen molar-refractivity contribution in [3.05, 3.63) is 47.1 Å². The monoisotopic (exact) mass is 312 g/mol. The number of ether oxygens (including phenoxy) is 1. The molecule has 2 rings (SSSR count). The zero-order valence-electron chi connectivity index (χ0n) is 10.5. The van der Waals surface area contributed by atoms with Gasteiger partial charge in [-0.05, 0) is 23.8 Å². The van der Waals surface area contributed by atoms with Crippen LogP contribution in [0, 0.1) is 11.3 Å². The number of nitrogens with zero attached hydrogens (tertiary/aromatic N) is 2. The lowest BCUT2D eigenvalue weighted by Crippen LogP contribution is -2.17. The molecular weight excluding hydrogens is 305 g/mol. The molecule has 0 amide bonds. The minimum Gasteiger partial charge on any atom is -0.405 e. The Morgan fingerprint density at radius 2 is 2.00 bits per heavy atom. The number of alkyl halides is 3. The predicted octanol–water partition coefficient (Wildman–Crippen LogP) is 4.37. The summed E-state index contributed by atoms with van der Waals surface area (Å²) < 4.78 is 41.3. The van der Waals surface area contributed by atoms with Gasteiger partial charge in [0.1, 0.15) is 5.75 Å².